The Morgan fingerprint density at radius 2 is 2.03 bits per heavy atom. The lowest BCUT2D eigenvalue weighted by Crippen LogP contribution is -2.12. The highest BCUT2D eigenvalue weighted by Gasteiger charge is 2.32. The van der Waals surface area contributed by atoms with Crippen molar-refractivity contribution < 1.29 is 14.3 Å². The first-order valence-corrected chi connectivity index (χ1v) is 11.8. The molecular weight excluding hydrogens is 490 g/mol. The molecule has 0 amide bonds. The van der Waals surface area contributed by atoms with Crippen LogP contribution in [0.4, 0.5) is 0 Å². The molecule has 4 rings (SSSR count). The molecule has 1 saturated carbocycles. The minimum absolute atomic E-state index is 0.0192. The Kier molecular flexibility index (Phi) is 7.02. The highest BCUT2D eigenvalue weighted by Crippen LogP contribution is 2.34. The Labute approximate surface area is 198 Å². The molecule has 0 spiro atoms. The number of thiazole rings is 1. The van der Waals surface area contributed by atoms with Gasteiger partial charge < -0.3 is 9.47 Å². The average molecular weight is 512 g/mol. The molecule has 6 nitrogen and oxygen atoms in total. The molecule has 0 N–H and O–H groups in total. The maximum Gasteiger partial charge on any atom is 0.314 e. The Balaban J connectivity index is 1.65. The Morgan fingerprint density at radius 1 is 1.25 bits per heavy atom. The molecule has 1 aliphatic rings. The summed E-state index contributed by atoms with van der Waals surface area (Å²) in [6, 6.07) is 13.4. The van der Waals surface area contributed by atoms with Crippen molar-refractivity contribution >= 4 is 39.5 Å². The van der Waals surface area contributed by atoms with E-state index in [1.807, 2.05) is 40.4 Å². The zero-order chi connectivity index (χ0) is 22.5. The van der Waals surface area contributed by atoms with Gasteiger partial charge in [-0.2, -0.15) is 5.10 Å². The summed E-state index contributed by atoms with van der Waals surface area (Å²) < 4.78 is 13.7. The average Bonchev–Trinajstić information content (AvgIpc) is 3.59. The number of esters is 1. The van der Waals surface area contributed by atoms with Crippen LogP contribution < -0.4 is 14.3 Å². The summed E-state index contributed by atoms with van der Waals surface area (Å²) in [5, 5.41) is 6.72. The second-order valence-electron chi connectivity index (χ2n) is 7.20. The summed E-state index contributed by atoms with van der Waals surface area (Å²) in [6.45, 7) is 4.25. The Hall–Kier alpha value is -2.97. The molecule has 8 heteroatoms. The lowest BCUT2D eigenvalue weighted by Gasteiger charge is -2.09. The number of halogens is 1. The molecule has 2 aromatic carbocycles. The molecule has 1 fully saturated rings. The molecule has 0 radical (unpaired) electrons. The third kappa shape index (κ3) is 5.26. The minimum atomic E-state index is -0.203. The van der Waals surface area contributed by atoms with E-state index in [0.717, 1.165) is 38.9 Å². The van der Waals surface area contributed by atoms with Crippen molar-refractivity contribution in [3.63, 3.8) is 0 Å². The maximum absolute atomic E-state index is 12.0. The maximum atomic E-state index is 12.0. The number of nitrogens with zero attached hydrogens (tertiary/aromatic N) is 3. The minimum Gasteiger partial charge on any atom is -0.493 e. The van der Waals surface area contributed by atoms with Gasteiger partial charge in [0.25, 0.3) is 0 Å². The van der Waals surface area contributed by atoms with Crippen LogP contribution in [0, 0.1) is 5.92 Å². The number of aromatic nitrogens is 1. The first kappa shape index (κ1) is 22.2. The van der Waals surface area contributed by atoms with Gasteiger partial charge in [0.2, 0.25) is 4.80 Å². The monoisotopic (exact) mass is 511 g/mol. The van der Waals surface area contributed by atoms with Gasteiger partial charge in [-0.05, 0) is 48.7 Å². The number of hydrogen-bond acceptors (Lipinski definition) is 6. The van der Waals surface area contributed by atoms with Crippen LogP contribution in [-0.2, 0) is 4.79 Å². The number of methoxy groups -OCH3 is 1. The van der Waals surface area contributed by atoms with Gasteiger partial charge in [0.05, 0.1) is 31.5 Å². The van der Waals surface area contributed by atoms with Crippen LogP contribution in [0.2, 0.25) is 0 Å². The van der Waals surface area contributed by atoms with Crippen molar-refractivity contribution in [3.8, 4) is 22.8 Å². The Morgan fingerprint density at radius 3 is 2.72 bits per heavy atom. The van der Waals surface area contributed by atoms with E-state index >= 15 is 0 Å². The fourth-order valence-electron chi connectivity index (χ4n) is 2.96. The molecule has 0 atom stereocenters. The van der Waals surface area contributed by atoms with Gasteiger partial charge in [-0.25, -0.2) is 4.68 Å². The van der Waals surface area contributed by atoms with Crippen molar-refractivity contribution in [1.29, 1.82) is 0 Å². The standard InChI is InChI=1S/C24H22BrN3O3S/c1-3-12-26-24-28(20(15-32-24)17-7-9-19(25)10-8-17)27-14-16-4-11-21(22(13-16)30-2)31-23(29)18-5-6-18/h3-4,7-11,13-15,18H,1,5-6,12H2,2H3. The van der Waals surface area contributed by atoms with Crippen LogP contribution >= 0.6 is 27.3 Å². The summed E-state index contributed by atoms with van der Waals surface area (Å²) in [7, 11) is 1.55. The first-order chi connectivity index (χ1) is 15.6. The largest absolute Gasteiger partial charge is 0.493 e. The van der Waals surface area contributed by atoms with Crippen molar-refractivity contribution in [3.05, 3.63) is 75.3 Å². The molecule has 0 saturated heterocycles. The molecule has 164 valence electrons. The molecule has 0 unspecified atom stereocenters. The van der Waals surface area contributed by atoms with Crippen LogP contribution in [-0.4, -0.2) is 30.5 Å². The zero-order valence-corrected chi connectivity index (χ0v) is 19.9. The van der Waals surface area contributed by atoms with E-state index in [1.165, 1.54) is 11.3 Å². The summed E-state index contributed by atoms with van der Waals surface area (Å²) >= 11 is 4.99. The fraction of sp³-hybridized carbons (Fsp3) is 0.208. The van der Waals surface area contributed by atoms with Gasteiger partial charge in [-0.3, -0.25) is 9.79 Å². The lowest BCUT2D eigenvalue weighted by atomic mass is 10.2. The molecular formula is C24H22BrN3O3S. The molecule has 1 aromatic heterocycles. The quantitative estimate of drug-likeness (QED) is 0.179. The van der Waals surface area contributed by atoms with Crippen LogP contribution in [0.3, 0.4) is 0 Å². The van der Waals surface area contributed by atoms with Gasteiger partial charge in [-0.15, -0.1) is 17.9 Å². The SMILES string of the molecule is C=CCN=c1scc(-c2ccc(Br)cc2)n1N=Cc1ccc(OC(=O)C2CC2)c(OC)c1. The summed E-state index contributed by atoms with van der Waals surface area (Å²) in [5.74, 6) is 0.724. The topological polar surface area (TPSA) is 65.2 Å². The van der Waals surface area contributed by atoms with E-state index in [-0.39, 0.29) is 11.9 Å². The summed E-state index contributed by atoms with van der Waals surface area (Å²) in [6.07, 6.45) is 5.27. The second kappa shape index (κ2) is 10.1. The predicted molar refractivity (Wildman–Crippen MR) is 130 cm³/mol. The van der Waals surface area contributed by atoms with E-state index in [0.29, 0.717) is 18.0 Å². The van der Waals surface area contributed by atoms with Crippen LogP contribution in [0.5, 0.6) is 11.5 Å². The molecule has 0 aliphatic heterocycles. The highest BCUT2D eigenvalue weighted by molar-refractivity contribution is 9.10. The van der Waals surface area contributed by atoms with Gasteiger partial charge in [0, 0.05) is 15.4 Å². The van der Waals surface area contributed by atoms with E-state index in [2.05, 4.69) is 27.5 Å². The van der Waals surface area contributed by atoms with Crippen molar-refractivity contribution in [2.24, 2.45) is 16.0 Å². The van der Waals surface area contributed by atoms with E-state index in [4.69, 9.17) is 14.6 Å². The lowest BCUT2D eigenvalue weighted by molar-refractivity contribution is -0.135. The molecule has 1 heterocycles. The van der Waals surface area contributed by atoms with Crippen molar-refractivity contribution in [2.45, 2.75) is 12.8 Å². The zero-order valence-electron chi connectivity index (χ0n) is 17.5. The van der Waals surface area contributed by atoms with Crippen molar-refractivity contribution in [1.82, 2.24) is 4.68 Å². The van der Waals surface area contributed by atoms with Crippen LogP contribution in [0.15, 0.2) is 75.1 Å². The van der Waals surface area contributed by atoms with E-state index in [1.54, 1.807) is 31.5 Å². The van der Waals surface area contributed by atoms with Crippen molar-refractivity contribution in [2.75, 3.05) is 13.7 Å². The van der Waals surface area contributed by atoms with E-state index in [9.17, 15) is 4.79 Å². The molecule has 3 aromatic rings. The Bertz CT molecular complexity index is 1220. The van der Waals surface area contributed by atoms with Gasteiger partial charge in [-0.1, -0.05) is 34.1 Å². The fourth-order valence-corrected chi connectivity index (χ4v) is 4.08. The normalized spacial score (nSPS) is 14.0. The third-order valence-corrected chi connectivity index (χ3v) is 6.19. The number of rotatable bonds is 8. The smallest absolute Gasteiger partial charge is 0.314 e. The first-order valence-electron chi connectivity index (χ1n) is 10.1. The molecule has 32 heavy (non-hydrogen) atoms. The second-order valence-corrected chi connectivity index (χ2v) is 8.95. The highest BCUT2D eigenvalue weighted by atomic mass is 79.9. The summed E-state index contributed by atoms with van der Waals surface area (Å²) in [4.78, 5) is 17.3. The molecule has 0 bridgehead atoms. The third-order valence-electron chi connectivity index (χ3n) is 4.81. The number of carbonyl (C=O) groups is 1. The van der Waals surface area contributed by atoms with Gasteiger partial charge in [0.15, 0.2) is 11.5 Å². The number of benzene rings is 2. The van der Waals surface area contributed by atoms with E-state index < -0.39 is 0 Å². The summed E-state index contributed by atoms with van der Waals surface area (Å²) in [5.41, 5.74) is 2.77. The molecule has 1 aliphatic carbocycles. The van der Waals surface area contributed by atoms with Gasteiger partial charge in [0.1, 0.15) is 0 Å². The predicted octanol–water partition coefficient (Wildman–Crippen LogP) is 5.27. The van der Waals surface area contributed by atoms with Crippen LogP contribution in [0.25, 0.3) is 11.3 Å². The van der Waals surface area contributed by atoms with Crippen LogP contribution in [0.1, 0.15) is 18.4 Å². The number of carbonyl (C=O) groups excluding carboxylic acids is 1. The number of hydrogen-bond donors (Lipinski definition) is 0. The number of ether oxygens (including phenoxy) is 2. The van der Waals surface area contributed by atoms with Gasteiger partial charge >= 0.3 is 5.97 Å².